The van der Waals surface area contributed by atoms with Crippen molar-refractivity contribution in [2.24, 2.45) is 0 Å². The maximum absolute atomic E-state index is 5.70. The zero-order valence-corrected chi connectivity index (χ0v) is 11.1. The van der Waals surface area contributed by atoms with Crippen molar-refractivity contribution < 1.29 is 4.74 Å². The number of para-hydroxylation sites is 1. The summed E-state index contributed by atoms with van der Waals surface area (Å²) in [6.07, 6.45) is 0.262. The fourth-order valence-electron chi connectivity index (χ4n) is 1.18. The first-order chi connectivity index (χ1) is 6.24. The lowest BCUT2D eigenvalue weighted by molar-refractivity contribution is 0.240. The van der Waals surface area contributed by atoms with Gasteiger partial charge in [-0.05, 0) is 25.5 Å². The van der Waals surface area contributed by atoms with E-state index in [0.29, 0.717) is 0 Å². The highest BCUT2D eigenvalue weighted by Gasteiger charge is 2.04. The summed E-state index contributed by atoms with van der Waals surface area (Å²) in [5, 5.41) is 0. The molecule has 0 N–H and O–H groups in total. The molecule has 0 heterocycles. The summed E-state index contributed by atoms with van der Waals surface area (Å²) in [5.41, 5.74) is 1.33. The van der Waals surface area contributed by atoms with E-state index in [0.717, 1.165) is 10.3 Å². The zero-order valence-electron chi connectivity index (χ0n) is 8.09. The van der Waals surface area contributed by atoms with Crippen LogP contribution in [0.1, 0.15) is 19.4 Å². The van der Waals surface area contributed by atoms with Gasteiger partial charge in [0.2, 0.25) is 0 Å². The predicted molar refractivity (Wildman–Crippen MR) is 60.6 cm³/mol. The second kappa shape index (κ2) is 5.88. The maximum atomic E-state index is 5.70. The van der Waals surface area contributed by atoms with Crippen LogP contribution < -0.4 is 4.74 Å². The topological polar surface area (TPSA) is 9.23 Å². The Labute approximate surface area is 95.5 Å². The maximum Gasteiger partial charge on any atom is 0.473 e. The highest BCUT2D eigenvalue weighted by Crippen LogP contribution is 2.19. The summed E-state index contributed by atoms with van der Waals surface area (Å²) in [4.78, 5) is 0. The Balaban J connectivity index is 2.78. The third-order valence-electron chi connectivity index (χ3n) is 1.70. The quantitative estimate of drug-likeness (QED) is 0.750. The zero-order chi connectivity index (χ0) is 9.68. The van der Waals surface area contributed by atoms with Crippen LogP contribution in [-0.2, 0) is 4.55 Å². The van der Waals surface area contributed by atoms with Gasteiger partial charge in [0.1, 0.15) is 5.75 Å². The Morgan fingerprint density at radius 3 is 2.69 bits per heavy atom. The summed E-state index contributed by atoms with van der Waals surface area (Å²) >= 11 is 3.46. The summed E-state index contributed by atoms with van der Waals surface area (Å²) in [6, 6.07) is 8.29. The molecule has 0 amide bonds. The monoisotopic (exact) mass is 252 g/mol. The molecule has 0 aliphatic carbocycles. The molecule has 0 saturated heterocycles. The average Bonchev–Trinajstić information content (AvgIpc) is 2.08. The predicted octanol–water partition coefficient (Wildman–Crippen LogP) is 2.99. The van der Waals surface area contributed by atoms with Gasteiger partial charge in [-0.1, -0.05) is 22.7 Å². The molecule has 1 aromatic carbocycles. The van der Waals surface area contributed by atoms with E-state index in [1.165, 1.54) is 5.56 Å². The van der Waals surface area contributed by atoms with Gasteiger partial charge in [-0.3, -0.25) is 0 Å². The van der Waals surface area contributed by atoms with Crippen LogP contribution in [0.15, 0.2) is 24.3 Å². The van der Waals surface area contributed by atoms with Gasteiger partial charge in [0, 0.05) is 0 Å². The number of rotatable bonds is 4. The van der Waals surface area contributed by atoms with E-state index in [2.05, 4.69) is 38.9 Å². The minimum Gasteiger partial charge on any atom is -0.491 e. The average molecular weight is 253 g/mol. The highest BCUT2D eigenvalue weighted by atomic mass is 79.9. The Bertz CT molecular complexity index is 263. The van der Waals surface area contributed by atoms with E-state index in [-0.39, 0.29) is 24.3 Å². The summed E-state index contributed by atoms with van der Waals surface area (Å²) in [6.45, 7) is 4.12. The lowest BCUT2D eigenvalue weighted by Crippen LogP contribution is -2.07. The van der Waals surface area contributed by atoms with Crippen molar-refractivity contribution >= 4 is 31.1 Å². The van der Waals surface area contributed by atoms with Crippen LogP contribution in [0, 0.1) is 0 Å². The minimum absolute atomic E-state index is 0.107. The largest absolute Gasteiger partial charge is 0.491 e. The van der Waals surface area contributed by atoms with Crippen LogP contribution in [0.4, 0.5) is 0 Å². The standard InChI is InChI=1S/C10H13O.BrH.Mg/c1-8(2)11-10-7-5-4-6-9(10)3;;/h4-8H,3H2,1-2H3;1H;/q;;+1/p-1. The number of halogens is 1. The second-order valence-corrected chi connectivity index (χ2v) is 6.47. The van der Waals surface area contributed by atoms with Crippen LogP contribution in [0.5, 0.6) is 5.75 Å². The smallest absolute Gasteiger partial charge is 0.473 e. The Morgan fingerprint density at radius 2 is 2.08 bits per heavy atom. The van der Waals surface area contributed by atoms with Gasteiger partial charge in [-0.25, -0.2) is 0 Å². The van der Waals surface area contributed by atoms with Gasteiger partial charge in [-0.15, -0.1) is 0 Å². The van der Waals surface area contributed by atoms with Gasteiger partial charge in [0.25, 0.3) is 0 Å². The van der Waals surface area contributed by atoms with Crippen LogP contribution in [0.25, 0.3) is 0 Å². The van der Waals surface area contributed by atoms with Crippen LogP contribution in [0.3, 0.4) is 0 Å². The molecule has 1 aromatic rings. The molecule has 0 aliphatic heterocycles. The van der Waals surface area contributed by atoms with Crippen molar-refractivity contribution in [3.63, 3.8) is 0 Å². The van der Waals surface area contributed by atoms with Crippen molar-refractivity contribution in [1.82, 2.24) is 0 Å². The van der Waals surface area contributed by atoms with E-state index in [4.69, 9.17) is 4.74 Å². The molecular weight excluding hydrogens is 240 g/mol. The molecule has 1 nitrogen and oxygen atoms in total. The van der Waals surface area contributed by atoms with Crippen molar-refractivity contribution in [3.8, 4) is 5.75 Å². The Kier molecular flexibility index (Phi) is 5.13. The number of hydrogen-bond acceptors (Lipinski definition) is 1. The number of ether oxygens (including phenoxy) is 1. The van der Waals surface area contributed by atoms with E-state index in [1.807, 2.05) is 12.1 Å². The first-order valence-electron chi connectivity index (χ1n) is 4.54. The Hall–Kier alpha value is 0.266. The van der Waals surface area contributed by atoms with Gasteiger partial charge in [-0.2, -0.15) is 0 Å². The van der Waals surface area contributed by atoms with Gasteiger partial charge >= 0.3 is 18.2 Å². The van der Waals surface area contributed by atoms with Crippen molar-refractivity contribution in [2.45, 2.75) is 24.5 Å². The van der Waals surface area contributed by atoms with Crippen molar-refractivity contribution in [3.05, 3.63) is 29.8 Å². The van der Waals surface area contributed by atoms with E-state index < -0.39 is 0 Å². The fraction of sp³-hybridized carbons (Fsp3) is 0.400. The van der Waals surface area contributed by atoms with Gasteiger partial charge in [0.15, 0.2) is 0 Å². The summed E-state index contributed by atoms with van der Waals surface area (Å²) in [5.74, 6) is 1.05. The molecule has 0 fully saturated rings. The van der Waals surface area contributed by atoms with Crippen molar-refractivity contribution in [1.29, 1.82) is 0 Å². The lowest BCUT2D eigenvalue weighted by Gasteiger charge is -2.13. The molecule has 3 heteroatoms. The second-order valence-electron chi connectivity index (χ2n) is 3.21. The van der Waals surface area contributed by atoms with E-state index >= 15 is 0 Å². The molecule has 0 aliphatic rings. The SMILES string of the molecule is CC(C)Oc1ccccc1[CH2][Mg][Br]. The summed E-state index contributed by atoms with van der Waals surface area (Å²) < 4.78 is 6.85. The molecule has 0 atom stereocenters. The van der Waals surface area contributed by atoms with E-state index in [9.17, 15) is 0 Å². The normalized spacial score (nSPS) is 9.85. The molecule has 68 valence electrons. The van der Waals surface area contributed by atoms with E-state index in [1.54, 1.807) is 0 Å². The molecule has 0 bridgehead atoms. The highest BCUT2D eigenvalue weighted by molar-refractivity contribution is 9.23. The van der Waals surface area contributed by atoms with Gasteiger partial charge in [0.05, 0.1) is 6.10 Å². The number of hydrogen-bond donors (Lipinski definition) is 0. The first-order valence-corrected chi connectivity index (χ1v) is 9.44. The molecule has 1 rings (SSSR count). The van der Waals surface area contributed by atoms with Crippen LogP contribution in [-0.4, -0.2) is 24.3 Å². The van der Waals surface area contributed by atoms with Crippen molar-refractivity contribution in [2.75, 3.05) is 0 Å². The third kappa shape index (κ3) is 3.87. The van der Waals surface area contributed by atoms with Gasteiger partial charge < -0.3 is 17.6 Å². The first kappa shape index (κ1) is 11.3. The lowest BCUT2D eigenvalue weighted by atomic mass is 10.2. The third-order valence-corrected chi connectivity index (χ3v) is 3.62. The molecular formula is C10H13BrMgO. The van der Waals surface area contributed by atoms with Crippen LogP contribution >= 0.6 is 12.9 Å². The van der Waals surface area contributed by atoms with Crippen LogP contribution in [0.2, 0.25) is 0 Å². The fourth-order valence-corrected chi connectivity index (χ4v) is 3.08. The molecule has 13 heavy (non-hydrogen) atoms. The Morgan fingerprint density at radius 1 is 1.38 bits per heavy atom. The molecule has 0 spiro atoms. The summed E-state index contributed by atoms with van der Waals surface area (Å²) in [7, 11) is 0. The molecule has 0 saturated carbocycles. The molecule has 0 aromatic heterocycles. The molecule has 0 unspecified atom stereocenters. The number of benzene rings is 1. The minimum atomic E-state index is -0.107. The molecule has 0 radical (unpaired) electrons.